The molecule has 1 nitrogen and oxygen atoms in total. The number of halogens is 7. The van der Waals surface area contributed by atoms with Crippen molar-refractivity contribution in [1.82, 2.24) is 0 Å². The van der Waals surface area contributed by atoms with E-state index in [4.69, 9.17) is 0 Å². The fourth-order valence-electron chi connectivity index (χ4n) is 2.23. The molecule has 2 aromatic carbocycles. The van der Waals surface area contributed by atoms with Crippen molar-refractivity contribution in [2.75, 3.05) is 0 Å². The molecule has 0 radical (unpaired) electrons. The van der Waals surface area contributed by atoms with E-state index >= 15 is 0 Å². The number of aliphatic imine (C=N–C) groups is 1. The fourth-order valence-corrected chi connectivity index (χ4v) is 2.23. The quantitative estimate of drug-likeness (QED) is 0.115. The van der Waals surface area contributed by atoms with Gasteiger partial charge in [-0.05, 0) is 17.5 Å². The molecule has 9 heteroatoms. The maximum atomic E-state index is 13.8. The van der Waals surface area contributed by atoms with Crippen molar-refractivity contribution in [3.8, 4) is 0 Å². The Labute approximate surface area is 188 Å². The first-order chi connectivity index (χ1) is 11.6. The van der Waals surface area contributed by atoms with Crippen molar-refractivity contribution in [3.63, 3.8) is 0 Å². The molecule has 0 amide bonds. The van der Waals surface area contributed by atoms with E-state index in [0.29, 0.717) is 5.56 Å². The van der Waals surface area contributed by atoms with Gasteiger partial charge in [-0.1, -0.05) is 27.7 Å². The molecule has 2 rings (SSSR count). The Hall–Kier alpha value is -0.946. The van der Waals surface area contributed by atoms with Crippen LogP contribution < -0.4 is 0 Å². The van der Waals surface area contributed by atoms with E-state index in [1.54, 1.807) is 19.1 Å². The maximum Gasteiger partial charge on any atom is 0.200 e. The van der Waals surface area contributed by atoms with Crippen LogP contribution in [-0.2, 0) is 27.1 Å². The molecule has 0 heterocycles. The molecule has 0 N–H and O–H groups in total. The molecule has 0 saturated carbocycles. The third kappa shape index (κ3) is 6.02. The van der Waals surface area contributed by atoms with E-state index in [9.17, 15) is 22.0 Å². The minimum Gasteiger partial charge on any atom is -0.295 e. The Bertz CT molecular complexity index is 822. The second-order valence-corrected chi connectivity index (χ2v) is 6.56. The first kappa shape index (κ1) is 29.3. The Morgan fingerprint density at radius 1 is 0.893 bits per heavy atom. The molecular formula is C19H19Cl2F5NTi-. The topological polar surface area (TPSA) is 12.4 Å². The number of hydrogen-bond acceptors (Lipinski definition) is 1. The van der Waals surface area contributed by atoms with Crippen molar-refractivity contribution < 1.29 is 43.7 Å². The van der Waals surface area contributed by atoms with Gasteiger partial charge in [0.2, 0.25) is 5.82 Å². The van der Waals surface area contributed by atoms with Crippen molar-refractivity contribution >= 4 is 36.2 Å². The minimum atomic E-state index is -2.20. The summed E-state index contributed by atoms with van der Waals surface area (Å²) in [7, 11) is 0. The van der Waals surface area contributed by atoms with E-state index in [-0.39, 0.29) is 64.1 Å². The van der Waals surface area contributed by atoms with Gasteiger partial charge in [0.1, 0.15) is 5.69 Å². The van der Waals surface area contributed by atoms with Crippen LogP contribution >= 0.6 is 24.8 Å². The molecule has 0 aliphatic heterocycles. The monoisotopic (exact) mass is 474 g/mol. The largest absolute Gasteiger partial charge is 0.295 e. The average molecular weight is 475 g/mol. The summed E-state index contributed by atoms with van der Waals surface area (Å²) in [6.07, 6.45) is 0.226. The van der Waals surface area contributed by atoms with Crippen molar-refractivity contribution in [1.29, 1.82) is 0 Å². The van der Waals surface area contributed by atoms with E-state index in [0.717, 1.165) is 5.56 Å². The molecule has 0 bridgehead atoms. The van der Waals surface area contributed by atoms with E-state index in [1.807, 2.05) is 26.8 Å². The Kier molecular flexibility index (Phi) is 11.8. The zero-order valence-corrected chi connectivity index (χ0v) is 18.8. The molecule has 0 fully saturated rings. The van der Waals surface area contributed by atoms with Crippen LogP contribution in [0.5, 0.6) is 0 Å². The van der Waals surface area contributed by atoms with Crippen LogP contribution in [0.4, 0.5) is 27.6 Å². The Morgan fingerprint density at radius 2 is 1.36 bits per heavy atom. The molecule has 0 unspecified atom stereocenters. The molecule has 154 valence electrons. The van der Waals surface area contributed by atoms with Gasteiger partial charge in [0.15, 0.2) is 23.3 Å². The molecule has 0 saturated heterocycles. The number of hydrogen-bond donors (Lipinski definition) is 0. The van der Waals surface area contributed by atoms with Crippen LogP contribution in [0.15, 0.2) is 23.2 Å². The fraction of sp³-hybridized carbons (Fsp3) is 0.316. The number of benzene rings is 2. The summed E-state index contributed by atoms with van der Waals surface area (Å²) < 4.78 is 67.5. The van der Waals surface area contributed by atoms with Crippen LogP contribution in [0.1, 0.15) is 45.2 Å². The zero-order chi connectivity index (χ0) is 18.9. The minimum absolute atomic E-state index is 0. The average Bonchev–Trinajstić information content (AvgIpc) is 2.58. The molecule has 0 atom stereocenters. The molecule has 28 heavy (non-hydrogen) atoms. The Morgan fingerprint density at radius 3 is 1.79 bits per heavy atom. The summed E-state index contributed by atoms with van der Waals surface area (Å²) in [6, 6.07) is 8.30. The standard InChI is InChI=1S/C19H17F5N.2ClH.Ti/c1-5-12(10-7-6-8-11(9-10)19(2,3)4)25-18-16(23)14(21)13(20)15(22)17(18)24;;;/h6-8H,5H2,1-4H3;2*1H;/q-1;;;. The molecule has 0 aromatic heterocycles. The van der Waals surface area contributed by atoms with Crippen LogP contribution in [-0.4, -0.2) is 5.71 Å². The second-order valence-electron chi connectivity index (χ2n) is 6.56. The van der Waals surface area contributed by atoms with Crippen LogP contribution in [0.3, 0.4) is 0 Å². The predicted molar refractivity (Wildman–Crippen MR) is 101 cm³/mol. The first-order valence-corrected chi connectivity index (χ1v) is 7.70. The van der Waals surface area contributed by atoms with Crippen LogP contribution in [0.2, 0.25) is 0 Å². The third-order valence-electron chi connectivity index (χ3n) is 3.68. The summed E-state index contributed by atoms with van der Waals surface area (Å²) in [4.78, 5) is 3.72. The normalized spacial score (nSPS) is 11.2. The van der Waals surface area contributed by atoms with E-state index < -0.39 is 34.8 Å². The smallest absolute Gasteiger partial charge is 0.200 e. The van der Waals surface area contributed by atoms with Gasteiger partial charge in [0.25, 0.3) is 0 Å². The Balaban J connectivity index is 0. The van der Waals surface area contributed by atoms with Crippen LogP contribution in [0, 0.1) is 35.2 Å². The number of rotatable bonds is 3. The molecule has 2 aromatic rings. The first-order valence-electron chi connectivity index (χ1n) is 7.70. The molecule has 0 aliphatic carbocycles. The van der Waals surface area contributed by atoms with Crippen LogP contribution in [0.25, 0.3) is 0 Å². The van der Waals surface area contributed by atoms with Gasteiger partial charge in [-0.15, -0.1) is 60.2 Å². The summed E-state index contributed by atoms with van der Waals surface area (Å²) >= 11 is 0. The number of nitrogens with zero attached hydrogens (tertiary/aromatic N) is 1. The second kappa shape index (κ2) is 11.3. The predicted octanol–water partition coefficient (Wildman–Crippen LogP) is 6.85. The van der Waals surface area contributed by atoms with E-state index in [1.165, 1.54) is 0 Å². The zero-order valence-electron chi connectivity index (χ0n) is 15.6. The van der Waals surface area contributed by atoms with Gasteiger partial charge in [0.05, 0.1) is 0 Å². The summed E-state index contributed by atoms with van der Waals surface area (Å²) in [6.45, 7) is 7.57. The summed E-state index contributed by atoms with van der Waals surface area (Å²) in [5.41, 5.74) is 0.0407. The van der Waals surface area contributed by atoms with Gasteiger partial charge in [-0.25, -0.2) is 22.0 Å². The van der Waals surface area contributed by atoms with Gasteiger partial charge in [-0.2, -0.15) is 0 Å². The van der Waals surface area contributed by atoms with Crippen molar-refractivity contribution in [3.05, 3.63) is 64.5 Å². The van der Waals surface area contributed by atoms with Crippen molar-refractivity contribution in [2.24, 2.45) is 4.99 Å². The van der Waals surface area contributed by atoms with Crippen molar-refractivity contribution in [2.45, 2.75) is 39.5 Å². The van der Waals surface area contributed by atoms with E-state index in [2.05, 4.69) is 11.1 Å². The van der Waals surface area contributed by atoms with Gasteiger partial charge >= 0.3 is 0 Å². The SMILES string of the molecule is CCC(=Nc1c(F)c(F)c(F)c(F)c1F)c1[c-]c(C(C)(C)C)ccc1.Cl.Cl.[Ti]. The summed E-state index contributed by atoms with van der Waals surface area (Å²) in [5, 5.41) is 0. The molecule has 0 spiro atoms. The third-order valence-corrected chi connectivity index (χ3v) is 3.68. The molecular weight excluding hydrogens is 456 g/mol. The van der Waals surface area contributed by atoms with Gasteiger partial charge in [-0.3, -0.25) is 4.99 Å². The maximum absolute atomic E-state index is 13.8. The summed E-state index contributed by atoms with van der Waals surface area (Å²) in [5.74, 6) is -10.1. The van der Waals surface area contributed by atoms with Gasteiger partial charge < -0.3 is 0 Å². The molecule has 0 aliphatic rings. The van der Waals surface area contributed by atoms with Gasteiger partial charge in [0, 0.05) is 21.7 Å².